The summed E-state index contributed by atoms with van der Waals surface area (Å²) in [7, 11) is 0. The summed E-state index contributed by atoms with van der Waals surface area (Å²) >= 11 is 0. The molecule has 2 unspecified atom stereocenters. The molecule has 0 aliphatic carbocycles. The lowest BCUT2D eigenvalue weighted by Gasteiger charge is -2.00. The summed E-state index contributed by atoms with van der Waals surface area (Å²) in [6, 6.07) is -0.415. The average Bonchev–Trinajstić information content (AvgIpc) is 2.62. The smallest absolute Gasteiger partial charge is 0.181 e. The molecule has 0 saturated carbocycles. The molecular formula is C5H10N2O3. The van der Waals surface area contributed by atoms with Gasteiger partial charge in [0, 0.05) is 13.0 Å². The van der Waals surface area contributed by atoms with Gasteiger partial charge in [-0.25, -0.2) is 0 Å². The predicted octanol–water partition coefficient (Wildman–Crippen LogP) is -0.813. The van der Waals surface area contributed by atoms with Crippen molar-refractivity contribution in [2.24, 2.45) is 10.9 Å². The lowest BCUT2D eigenvalue weighted by atomic mass is 10.2. The van der Waals surface area contributed by atoms with E-state index in [2.05, 4.69) is 9.91 Å². The molecule has 1 saturated heterocycles. The number of hydrogen-bond donors (Lipinski definition) is 2. The first-order valence-electron chi connectivity index (χ1n) is 3.14. The van der Waals surface area contributed by atoms with E-state index in [0.29, 0.717) is 6.42 Å². The molecule has 1 heterocycles. The summed E-state index contributed by atoms with van der Waals surface area (Å²) in [5.74, 6) is 0. The van der Waals surface area contributed by atoms with E-state index in [9.17, 15) is 4.91 Å². The van der Waals surface area contributed by atoms with Gasteiger partial charge in [0.25, 0.3) is 0 Å². The Labute approximate surface area is 58.1 Å². The quantitative estimate of drug-likeness (QED) is 0.401. The zero-order valence-electron chi connectivity index (χ0n) is 5.43. The van der Waals surface area contributed by atoms with Crippen LogP contribution >= 0.6 is 0 Å². The van der Waals surface area contributed by atoms with E-state index in [1.165, 1.54) is 0 Å². The Morgan fingerprint density at radius 2 is 2.40 bits per heavy atom. The van der Waals surface area contributed by atoms with Crippen molar-refractivity contribution >= 4 is 0 Å². The van der Waals surface area contributed by atoms with Crippen LogP contribution in [0, 0.1) is 4.91 Å². The molecule has 5 heteroatoms. The Morgan fingerprint density at radius 3 is 2.70 bits per heavy atom. The van der Waals surface area contributed by atoms with Gasteiger partial charge in [-0.05, 0) is 0 Å². The van der Waals surface area contributed by atoms with Gasteiger partial charge in [-0.15, -0.1) is 0 Å². The van der Waals surface area contributed by atoms with Crippen LogP contribution in [-0.4, -0.2) is 30.1 Å². The normalized spacial score (nSPS) is 33.4. The van der Waals surface area contributed by atoms with Crippen LogP contribution in [0.4, 0.5) is 0 Å². The zero-order valence-corrected chi connectivity index (χ0v) is 5.43. The molecule has 0 bridgehead atoms. The summed E-state index contributed by atoms with van der Waals surface area (Å²) in [5.41, 5.74) is 5.17. The van der Waals surface area contributed by atoms with Crippen molar-refractivity contribution in [1.29, 1.82) is 0 Å². The van der Waals surface area contributed by atoms with Crippen LogP contribution in [0.1, 0.15) is 6.42 Å². The van der Waals surface area contributed by atoms with Gasteiger partial charge in [0.1, 0.15) is 12.1 Å². The van der Waals surface area contributed by atoms with Crippen LogP contribution in [-0.2, 0) is 4.74 Å². The van der Waals surface area contributed by atoms with Crippen LogP contribution in [0.5, 0.6) is 0 Å². The second-order valence-corrected chi connectivity index (χ2v) is 2.30. The maximum atomic E-state index is 9.94. The highest BCUT2D eigenvalue weighted by Gasteiger charge is 2.38. The Hall–Kier alpha value is -0.520. The van der Waals surface area contributed by atoms with Crippen molar-refractivity contribution in [2.75, 3.05) is 6.54 Å². The zero-order chi connectivity index (χ0) is 7.56. The van der Waals surface area contributed by atoms with Crippen molar-refractivity contribution in [2.45, 2.75) is 24.9 Å². The van der Waals surface area contributed by atoms with Gasteiger partial charge in [-0.2, -0.15) is 4.91 Å². The molecule has 3 atom stereocenters. The molecule has 1 aliphatic heterocycles. The summed E-state index contributed by atoms with van der Waals surface area (Å²) in [6.07, 6.45) is -0.483. The SMILES string of the molecule is NC[C@@H](CC1OC1O)N=O. The second kappa shape index (κ2) is 3.05. The standard InChI is InChI=1S/C5H10N2O3/c6-2-3(7-9)1-4-5(8)10-4/h3-5,8H,1-2,6H2/t3-,4?,5?/m1/s1. The predicted molar refractivity (Wildman–Crippen MR) is 34.1 cm³/mol. The fourth-order valence-electron chi connectivity index (χ4n) is 0.756. The van der Waals surface area contributed by atoms with E-state index in [0.717, 1.165) is 0 Å². The molecule has 3 N–H and O–H groups in total. The van der Waals surface area contributed by atoms with E-state index in [1.54, 1.807) is 0 Å². The maximum Gasteiger partial charge on any atom is 0.181 e. The number of aliphatic hydroxyl groups is 1. The third-order valence-electron chi connectivity index (χ3n) is 1.48. The molecule has 10 heavy (non-hydrogen) atoms. The largest absolute Gasteiger partial charge is 0.366 e. The van der Waals surface area contributed by atoms with Crippen LogP contribution < -0.4 is 5.73 Å². The molecule has 0 amide bonds. The van der Waals surface area contributed by atoms with Gasteiger partial charge >= 0.3 is 0 Å². The molecular weight excluding hydrogens is 136 g/mol. The van der Waals surface area contributed by atoms with Gasteiger partial charge in [0.2, 0.25) is 0 Å². The van der Waals surface area contributed by atoms with E-state index in [4.69, 9.17) is 10.8 Å². The molecule has 1 aliphatic rings. The van der Waals surface area contributed by atoms with Crippen LogP contribution in [0.15, 0.2) is 5.18 Å². The maximum absolute atomic E-state index is 9.94. The number of aliphatic hydroxyl groups excluding tert-OH is 1. The van der Waals surface area contributed by atoms with Gasteiger partial charge in [0.15, 0.2) is 6.29 Å². The van der Waals surface area contributed by atoms with Crippen LogP contribution in [0.3, 0.4) is 0 Å². The molecule has 5 nitrogen and oxygen atoms in total. The minimum Gasteiger partial charge on any atom is -0.366 e. The highest BCUT2D eigenvalue weighted by Crippen LogP contribution is 2.24. The first kappa shape index (κ1) is 7.59. The lowest BCUT2D eigenvalue weighted by molar-refractivity contribution is 0.156. The Kier molecular flexibility index (Phi) is 2.31. The van der Waals surface area contributed by atoms with Gasteiger partial charge in [0.05, 0.1) is 0 Å². The fourth-order valence-corrected chi connectivity index (χ4v) is 0.756. The molecule has 0 aromatic rings. The van der Waals surface area contributed by atoms with Gasteiger partial charge in [-0.1, -0.05) is 5.18 Å². The van der Waals surface area contributed by atoms with Crippen LogP contribution in [0.2, 0.25) is 0 Å². The summed E-state index contributed by atoms with van der Waals surface area (Å²) in [5, 5.41) is 11.4. The second-order valence-electron chi connectivity index (χ2n) is 2.30. The van der Waals surface area contributed by atoms with E-state index >= 15 is 0 Å². The Balaban J connectivity index is 2.16. The third-order valence-corrected chi connectivity index (χ3v) is 1.48. The van der Waals surface area contributed by atoms with Crippen molar-refractivity contribution in [3.8, 4) is 0 Å². The van der Waals surface area contributed by atoms with Crippen molar-refractivity contribution < 1.29 is 9.84 Å². The molecule has 0 aromatic heterocycles. The molecule has 1 fully saturated rings. The first-order valence-corrected chi connectivity index (χ1v) is 3.14. The minimum absolute atomic E-state index is 0.216. The van der Waals surface area contributed by atoms with E-state index < -0.39 is 12.3 Å². The molecule has 58 valence electrons. The highest BCUT2D eigenvalue weighted by molar-refractivity contribution is 4.81. The number of nitrogens with zero attached hydrogens (tertiary/aromatic N) is 1. The topological polar surface area (TPSA) is 88.2 Å². The highest BCUT2D eigenvalue weighted by atomic mass is 16.7. The minimum atomic E-state index is -0.698. The number of nitroso groups, excluding NO2 is 1. The van der Waals surface area contributed by atoms with Gasteiger partial charge in [-0.3, -0.25) is 0 Å². The summed E-state index contributed by atoms with van der Waals surface area (Å²) in [6.45, 7) is 0.218. The average molecular weight is 146 g/mol. The molecule has 1 rings (SSSR count). The lowest BCUT2D eigenvalue weighted by Crippen LogP contribution is -2.20. The molecule has 0 aromatic carbocycles. The monoisotopic (exact) mass is 146 g/mol. The number of ether oxygens (including phenoxy) is 1. The number of hydrogen-bond acceptors (Lipinski definition) is 5. The summed E-state index contributed by atoms with van der Waals surface area (Å²) in [4.78, 5) is 9.94. The van der Waals surface area contributed by atoms with Crippen molar-refractivity contribution in [1.82, 2.24) is 0 Å². The van der Waals surface area contributed by atoms with Crippen molar-refractivity contribution in [3.05, 3.63) is 4.91 Å². The molecule has 0 radical (unpaired) electrons. The van der Waals surface area contributed by atoms with E-state index in [-0.39, 0.29) is 12.6 Å². The third kappa shape index (κ3) is 1.73. The number of nitrogens with two attached hydrogens (primary N) is 1. The number of rotatable bonds is 4. The van der Waals surface area contributed by atoms with Crippen LogP contribution in [0.25, 0.3) is 0 Å². The Morgan fingerprint density at radius 1 is 1.80 bits per heavy atom. The van der Waals surface area contributed by atoms with E-state index in [1.807, 2.05) is 0 Å². The fraction of sp³-hybridized carbons (Fsp3) is 1.00. The first-order chi connectivity index (χ1) is 4.77. The number of epoxide rings is 1. The van der Waals surface area contributed by atoms with Gasteiger partial charge < -0.3 is 15.6 Å². The Bertz CT molecular complexity index is 130. The van der Waals surface area contributed by atoms with Crippen molar-refractivity contribution in [3.63, 3.8) is 0 Å². The molecule has 0 spiro atoms. The summed E-state index contributed by atoms with van der Waals surface area (Å²) < 4.78 is 4.65.